The monoisotopic (exact) mass is 422 g/mol. The van der Waals surface area contributed by atoms with E-state index in [0.29, 0.717) is 17.4 Å². The number of thiazole rings is 1. The molecular formula is C15H13F3N2O5S2. The Morgan fingerprint density at radius 2 is 1.89 bits per heavy atom. The van der Waals surface area contributed by atoms with Crippen LogP contribution in [0, 0.1) is 6.92 Å². The smallest absolute Gasteiger partial charge is 0.416 e. The molecule has 7 nitrogen and oxygen atoms in total. The molecule has 0 aliphatic rings. The molecule has 12 heteroatoms. The van der Waals surface area contributed by atoms with Crippen LogP contribution in [0.15, 0.2) is 22.5 Å². The van der Waals surface area contributed by atoms with Crippen molar-refractivity contribution in [3.05, 3.63) is 35.0 Å². The van der Waals surface area contributed by atoms with Crippen LogP contribution in [0.4, 0.5) is 18.3 Å². The molecule has 0 aliphatic carbocycles. The molecule has 1 amide bonds. The molecule has 2 rings (SSSR count). The molecule has 1 aromatic heterocycles. The van der Waals surface area contributed by atoms with Crippen LogP contribution in [0.1, 0.15) is 28.4 Å². The molecule has 0 unspecified atom stereocenters. The Kier molecular flexibility index (Phi) is 5.61. The SMILES string of the molecule is CC(=O)Oc1c(C(=O)Nc2ncc(S(C)(=O)=O)s2)ccc(C(F)(F)F)c1C. The van der Waals surface area contributed by atoms with Gasteiger partial charge in [0, 0.05) is 18.7 Å². The normalized spacial score (nSPS) is 11.9. The number of amides is 1. The van der Waals surface area contributed by atoms with Crippen LogP contribution in [0.25, 0.3) is 0 Å². The number of aromatic nitrogens is 1. The summed E-state index contributed by atoms with van der Waals surface area (Å²) < 4.78 is 66.8. The second-order valence-corrected chi connectivity index (χ2v) is 8.69. The molecule has 0 aliphatic heterocycles. The number of alkyl halides is 3. The predicted octanol–water partition coefficient (Wildman–Crippen LogP) is 3.05. The summed E-state index contributed by atoms with van der Waals surface area (Å²) in [7, 11) is -3.52. The van der Waals surface area contributed by atoms with E-state index in [1.165, 1.54) is 0 Å². The average molecular weight is 422 g/mol. The first kappa shape index (κ1) is 20.8. The molecule has 0 saturated carbocycles. The van der Waals surface area contributed by atoms with E-state index in [2.05, 4.69) is 10.3 Å². The van der Waals surface area contributed by atoms with Crippen LogP contribution in [-0.2, 0) is 20.8 Å². The van der Waals surface area contributed by atoms with Crippen molar-refractivity contribution in [1.29, 1.82) is 0 Å². The van der Waals surface area contributed by atoms with Gasteiger partial charge in [-0.05, 0) is 19.1 Å². The van der Waals surface area contributed by atoms with Gasteiger partial charge < -0.3 is 4.74 Å². The first-order valence-corrected chi connectivity index (χ1v) is 9.88. The van der Waals surface area contributed by atoms with E-state index in [1.54, 1.807) is 0 Å². The summed E-state index contributed by atoms with van der Waals surface area (Å²) in [5, 5.41) is 2.20. The number of ether oxygens (including phenoxy) is 1. The van der Waals surface area contributed by atoms with Gasteiger partial charge in [0.2, 0.25) is 0 Å². The van der Waals surface area contributed by atoms with E-state index >= 15 is 0 Å². The Hall–Kier alpha value is -2.47. The van der Waals surface area contributed by atoms with Gasteiger partial charge in [0.15, 0.2) is 15.0 Å². The van der Waals surface area contributed by atoms with Crippen molar-refractivity contribution in [3.8, 4) is 5.75 Å². The molecule has 2 aromatic rings. The third-order valence-electron chi connectivity index (χ3n) is 3.27. The fourth-order valence-corrected chi connectivity index (χ4v) is 3.74. The zero-order chi connectivity index (χ0) is 20.6. The largest absolute Gasteiger partial charge is 0.426 e. The molecule has 1 N–H and O–H groups in total. The molecule has 0 spiro atoms. The van der Waals surface area contributed by atoms with Crippen molar-refractivity contribution >= 4 is 38.2 Å². The number of benzene rings is 1. The number of carbonyl (C=O) groups is 2. The molecule has 146 valence electrons. The van der Waals surface area contributed by atoms with E-state index in [-0.39, 0.29) is 14.9 Å². The predicted molar refractivity (Wildman–Crippen MR) is 90.7 cm³/mol. The highest BCUT2D eigenvalue weighted by Crippen LogP contribution is 2.38. The molecule has 0 atom stereocenters. The number of hydrogen-bond donors (Lipinski definition) is 1. The number of carbonyl (C=O) groups excluding carboxylic acids is 2. The lowest BCUT2D eigenvalue weighted by atomic mass is 10.0. The molecule has 0 fully saturated rings. The summed E-state index contributed by atoms with van der Waals surface area (Å²) >= 11 is 0.675. The van der Waals surface area contributed by atoms with Crippen molar-refractivity contribution in [3.63, 3.8) is 0 Å². The number of sulfone groups is 1. The van der Waals surface area contributed by atoms with Crippen LogP contribution < -0.4 is 10.1 Å². The van der Waals surface area contributed by atoms with Gasteiger partial charge in [0.25, 0.3) is 5.91 Å². The van der Waals surface area contributed by atoms with Crippen molar-refractivity contribution in [2.75, 3.05) is 11.6 Å². The maximum atomic E-state index is 13.1. The number of anilines is 1. The van der Waals surface area contributed by atoms with Crippen LogP contribution in [0.3, 0.4) is 0 Å². The third kappa shape index (κ3) is 4.83. The van der Waals surface area contributed by atoms with Gasteiger partial charge in [-0.1, -0.05) is 11.3 Å². The highest BCUT2D eigenvalue weighted by atomic mass is 32.2. The van der Waals surface area contributed by atoms with Crippen LogP contribution in [0.5, 0.6) is 5.75 Å². The van der Waals surface area contributed by atoms with Crippen LogP contribution in [0.2, 0.25) is 0 Å². The highest BCUT2D eigenvalue weighted by Gasteiger charge is 2.35. The zero-order valence-corrected chi connectivity index (χ0v) is 15.8. The molecule has 0 saturated heterocycles. The van der Waals surface area contributed by atoms with Gasteiger partial charge >= 0.3 is 12.1 Å². The van der Waals surface area contributed by atoms with Gasteiger partial charge in [-0.2, -0.15) is 13.2 Å². The van der Waals surface area contributed by atoms with E-state index in [9.17, 15) is 31.2 Å². The number of nitrogens with zero attached hydrogens (tertiary/aromatic N) is 1. The fraction of sp³-hybridized carbons (Fsp3) is 0.267. The maximum absolute atomic E-state index is 13.1. The van der Waals surface area contributed by atoms with Crippen LogP contribution >= 0.6 is 11.3 Å². The summed E-state index contributed by atoms with van der Waals surface area (Å²) in [5.41, 5.74) is -1.81. The lowest BCUT2D eigenvalue weighted by Crippen LogP contribution is -2.18. The Morgan fingerprint density at radius 3 is 2.37 bits per heavy atom. The van der Waals surface area contributed by atoms with Gasteiger partial charge in [-0.15, -0.1) is 0 Å². The zero-order valence-electron chi connectivity index (χ0n) is 14.2. The lowest BCUT2D eigenvalue weighted by molar-refractivity contribution is -0.139. The molecule has 0 bridgehead atoms. The average Bonchev–Trinajstić information content (AvgIpc) is 2.96. The maximum Gasteiger partial charge on any atom is 0.416 e. The molecule has 27 heavy (non-hydrogen) atoms. The number of hydrogen-bond acceptors (Lipinski definition) is 7. The first-order chi connectivity index (χ1) is 12.3. The van der Waals surface area contributed by atoms with E-state index < -0.39 is 44.8 Å². The van der Waals surface area contributed by atoms with E-state index in [4.69, 9.17) is 4.74 Å². The summed E-state index contributed by atoms with van der Waals surface area (Å²) in [6.45, 7) is 2.06. The van der Waals surface area contributed by atoms with Crippen molar-refractivity contribution in [2.24, 2.45) is 0 Å². The molecule has 0 radical (unpaired) electrons. The summed E-state index contributed by atoms with van der Waals surface area (Å²) in [6.07, 6.45) is -2.70. The van der Waals surface area contributed by atoms with Crippen molar-refractivity contribution < 1.29 is 35.9 Å². The molecule has 1 heterocycles. The number of nitrogens with one attached hydrogen (secondary N) is 1. The second-order valence-electron chi connectivity index (χ2n) is 5.42. The summed E-state index contributed by atoms with van der Waals surface area (Å²) in [5.74, 6) is -2.34. The molecular weight excluding hydrogens is 409 g/mol. The van der Waals surface area contributed by atoms with E-state index in [0.717, 1.165) is 32.4 Å². The number of halogens is 3. The number of esters is 1. The Labute approximate surface area is 156 Å². The van der Waals surface area contributed by atoms with Crippen molar-refractivity contribution in [1.82, 2.24) is 4.98 Å². The van der Waals surface area contributed by atoms with Gasteiger partial charge in [-0.25, -0.2) is 13.4 Å². The third-order valence-corrected chi connectivity index (χ3v) is 5.97. The van der Waals surface area contributed by atoms with Crippen molar-refractivity contribution in [2.45, 2.75) is 24.2 Å². The Balaban J connectivity index is 2.44. The minimum Gasteiger partial charge on any atom is -0.426 e. The Morgan fingerprint density at radius 1 is 1.26 bits per heavy atom. The highest BCUT2D eigenvalue weighted by molar-refractivity contribution is 7.92. The summed E-state index contributed by atoms with van der Waals surface area (Å²) in [4.78, 5) is 27.4. The first-order valence-electron chi connectivity index (χ1n) is 7.17. The standard InChI is InChI=1S/C15H13F3N2O5S2/c1-7-10(15(16,17)18)5-4-9(12(7)25-8(2)21)13(22)20-14-19-6-11(26-14)27(3,23)24/h4-6H,1-3H3,(H,19,20,22). The van der Waals surface area contributed by atoms with Gasteiger partial charge in [-0.3, -0.25) is 14.9 Å². The van der Waals surface area contributed by atoms with Gasteiger partial charge in [0.05, 0.1) is 17.3 Å². The summed E-state index contributed by atoms with van der Waals surface area (Å²) in [6, 6.07) is 1.57. The van der Waals surface area contributed by atoms with Gasteiger partial charge in [0.1, 0.15) is 9.96 Å². The topological polar surface area (TPSA) is 102 Å². The van der Waals surface area contributed by atoms with E-state index in [1.807, 2.05) is 0 Å². The molecule has 1 aromatic carbocycles. The minimum atomic E-state index is -4.70. The Bertz CT molecular complexity index is 1010. The second kappa shape index (κ2) is 7.27. The lowest BCUT2D eigenvalue weighted by Gasteiger charge is -2.16. The fourth-order valence-electron chi connectivity index (χ4n) is 2.11. The van der Waals surface area contributed by atoms with Crippen LogP contribution in [-0.4, -0.2) is 31.5 Å². The minimum absolute atomic E-state index is 0.0771. The quantitative estimate of drug-likeness (QED) is 0.600. The number of rotatable bonds is 4.